The highest BCUT2D eigenvalue weighted by atomic mass is 79.9. The van der Waals surface area contributed by atoms with Crippen LogP contribution in [0.4, 0.5) is 5.69 Å². The number of carbonyl (C=O) groups excluding carboxylic acids is 2. The Balaban J connectivity index is 1.77. The lowest BCUT2D eigenvalue weighted by molar-refractivity contribution is -0.139. The van der Waals surface area contributed by atoms with Crippen LogP contribution in [0.25, 0.3) is 0 Å². The number of benzene rings is 4. The zero-order valence-corrected chi connectivity index (χ0v) is 26.4. The van der Waals surface area contributed by atoms with Gasteiger partial charge in [-0.2, -0.15) is 0 Å². The van der Waals surface area contributed by atoms with Crippen LogP contribution in [0, 0.1) is 0 Å². The first kappa shape index (κ1) is 31.8. The molecular formula is C33H34BrN3O5S. The van der Waals surface area contributed by atoms with Crippen LogP contribution in [0.1, 0.15) is 18.1 Å². The number of hydrogen-bond acceptors (Lipinski definition) is 5. The molecule has 0 aliphatic heterocycles. The van der Waals surface area contributed by atoms with Gasteiger partial charge < -0.3 is 15.0 Å². The van der Waals surface area contributed by atoms with Crippen LogP contribution in [0.2, 0.25) is 0 Å². The molecule has 0 aliphatic rings. The predicted octanol–water partition coefficient (Wildman–Crippen LogP) is 5.43. The first-order valence-corrected chi connectivity index (χ1v) is 16.1. The number of likely N-dealkylation sites (N-methyl/N-ethyl adjacent to an activating group) is 1. The largest absolute Gasteiger partial charge is 0.494 e. The van der Waals surface area contributed by atoms with Crippen LogP contribution in [0.5, 0.6) is 5.75 Å². The quantitative estimate of drug-likeness (QED) is 0.206. The van der Waals surface area contributed by atoms with E-state index in [9.17, 15) is 18.0 Å². The molecule has 8 nitrogen and oxygen atoms in total. The van der Waals surface area contributed by atoms with Gasteiger partial charge in [0.25, 0.3) is 10.0 Å². The highest BCUT2D eigenvalue weighted by molar-refractivity contribution is 9.10. The molecule has 0 unspecified atom stereocenters. The number of sulfonamides is 1. The van der Waals surface area contributed by atoms with E-state index < -0.39 is 28.5 Å². The molecule has 0 saturated carbocycles. The Labute approximate surface area is 261 Å². The summed E-state index contributed by atoms with van der Waals surface area (Å²) in [4.78, 5) is 29.1. The molecule has 224 valence electrons. The summed E-state index contributed by atoms with van der Waals surface area (Å²) in [6, 6.07) is 30.6. The second kappa shape index (κ2) is 14.8. The molecule has 2 amide bonds. The van der Waals surface area contributed by atoms with Gasteiger partial charge in [-0.1, -0.05) is 76.6 Å². The number of carbonyl (C=O) groups is 2. The normalized spacial score (nSPS) is 11.8. The molecule has 0 bridgehead atoms. The zero-order valence-electron chi connectivity index (χ0n) is 24.0. The van der Waals surface area contributed by atoms with Gasteiger partial charge in [-0.25, -0.2) is 8.42 Å². The van der Waals surface area contributed by atoms with Gasteiger partial charge >= 0.3 is 0 Å². The highest BCUT2D eigenvalue weighted by Gasteiger charge is 2.34. The zero-order chi connectivity index (χ0) is 30.8. The van der Waals surface area contributed by atoms with Gasteiger partial charge in [0, 0.05) is 24.5 Å². The van der Waals surface area contributed by atoms with Gasteiger partial charge in [0.05, 0.1) is 17.2 Å². The van der Waals surface area contributed by atoms with Crippen molar-refractivity contribution in [1.29, 1.82) is 0 Å². The molecule has 0 fully saturated rings. The van der Waals surface area contributed by atoms with Gasteiger partial charge in [-0.05, 0) is 66.6 Å². The van der Waals surface area contributed by atoms with Crippen molar-refractivity contribution in [2.45, 2.75) is 30.8 Å². The summed E-state index contributed by atoms with van der Waals surface area (Å²) in [7, 11) is -2.66. The van der Waals surface area contributed by atoms with E-state index in [-0.39, 0.29) is 23.8 Å². The first-order valence-electron chi connectivity index (χ1n) is 13.8. The van der Waals surface area contributed by atoms with E-state index in [0.717, 1.165) is 19.9 Å². The summed E-state index contributed by atoms with van der Waals surface area (Å²) in [5.74, 6) is -0.300. The van der Waals surface area contributed by atoms with Crippen LogP contribution in [0.3, 0.4) is 0 Å². The Hall–Kier alpha value is -4.15. The van der Waals surface area contributed by atoms with Crippen LogP contribution < -0.4 is 14.4 Å². The molecular weight excluding hydrogens is 630 g/mol. The maximum absolute atomic E-state index is 14.3. The third-order valence-electron chi connectivity index (χ3n) is 6.83. The number of anilines is 1. The molecule has 4 aromatic rings. The first-order chi connectivity index (χ1) is 20.7. The molecule has 1 N–H and O–H groups in total. The van der Waals surface area contributed by atoms with Gasteiger partial charge in [0.1, 0.15) is 18.3 Å². The Bertz CT molecular complexity index is 1600. The fraction of sp³-hybridized carbons (Fsp3) is 0.212. The van der Waals surface area contributed by atoms with E-state index in [1.54, 1.807) is 36.4 Å². The monoisotopic (exact) mass is 663 g/mol. The van der Waals surface area contributed by atoms with Crippen molar-refractivity contribution in [3.05, 3.63) is 125 Å². The topological polar surface area (TPSA) is 96.0 Å². The lowest BCUT2D eigenvalue weighted by atomic mass is 10.0. The second-order valence-electron chi connectivity index (χ2n) is 9.72. The lowest BCUT2D eigenvalue weighted by Crippen LogP contribution is -2.53. The van der Waals surface area contributed by atoms with E-state index in [0.29, 0.717) is 18.0 Å². The number of nitrogens with zero attached hydrogens (tertiary/aromatic N) is 2. The van der Waals surface area contributed by atoms with Crippen molar-refractivity contribution in [1.82, 2.24) is 10.2 Å². The van der Waals surface area contributed by atoms with E-state index >= 15 is 0 Å². The molecule has 0 radical (unpaired) electrons. The SMILES string of the molecule is CCOc1ccc(N(CC(=O)N(Cc2ccccc2)[C@@H](Cc2ccccc2)C(=O)NC)S(=O)(=O)c2ccc(Br)cc2)cc1. The van der Waals surface area contributed by atoms with Crippen molar-refractivity contribution >= 4 is 43.5 Å². The minimum Gasteiger partial charge on any atom is -0.494 e. The molecule has 0 aromatic heterocycles. The summed E-state index contributed by atoms with van der Waals surface area (Å²) < 4.78 is 35.4. The average molecular weight is 665 g/mol. The number of rotatable bonds is 13. The van der Waals surface area contributed by atoms with Crippen LogP contribution in [-0.4, -0.2) is 51.4 Å². The van der Waals surface area contributed by atoms with Crippen molar-refractivity contribution < 1.29 is 22.7 Å². The molecule has 0 saturated heterocycles. The van der Waals surface area contributed by atoms with Crippen molar-refractivity contribution in [3.63, 3.8) is 0 Å². The van der Waals surface area contributed by atoms with Crippen LogP contribution in [-0.2, 0) is 32.6 Å². The Morgan fingerprint density at radius 2 is 1.42 bits per heavy atom. The van der Waals surface area contributed by atoms with Gasteiger partial charge in [0.2, 0.25) is 11.8 Å². The minimum atomic E-state index is -4.18. The molecule has 4 aromatic carbocycles. The summed E-state index contributed by atoms with van der Waals surface area (Å²) >= 11 is 3.35. The standard InChI is InChI=1S/C33H34BrN3O5S/c1-3-42-29-18-16-28(17-19-29)37(43(40,41)30-20-14-27(34)15-21-30)24-32(38)36(23-26-12-8-5-9-13-26)31(33(39)35-2)22-25-10-6-4-7-11-25/h4-21,31H,3,22-24H2,1-2H3,(H,35,39)/t31-/m0/s1. The summed E-state index contributed by atoms with van der Waals surface area (Å²) in [6.45, 7) is 1.90. The van der Waals surface area contributed by atoms with Gasteiger partial charge in [-0.3, -0.25) is 13.9 Å². The third kappa shape index (κ3) is 8.24. The highest BCUT2D eigenvalue weighted by Crippen LogP contribution is 2.28. The van der Waals surface area contributed by atoms with Gasteiger partial charge in [-0.15, -0.1) is 0 Å². The third-order valence-corrected chi connectivity index (χ3v) is 9.15. The number of amides is 2. The Kier molecular flexibility index (Phi) is 11.0. The second-order valence-corrected chi connectivity index (χ2v) is 12.5. The number of nitrogens with one attached hydrogen (secondary N) is 1. The number of ether oxygens (including phenoxy) is 1. The minimum absolute atomic E-state index is 0.0270. The average Bonchev–Trinajstić information content (AvgIpc) is 3.03. The van der Waals surface area contributed by atoms with Crippen molar-refractivity contribution in [2.75, 3.05) is 24.5 Å². The number of hydrogen-bond donors (Lipinski definition) is 1. The van der Waals surface area contributed by atoms with E-state index in [1.165, 1.54) is 24.1 Å². The summed E-state index contributed by atoms with van der Waals surface area (Å²) in [5, 5.41) is 2.69. The molecule has 0 heterocycles. The van der Waals surface area contributed by atoms with Crippen molar-refractivity contribution in [3.8, 4) is 5.75 Å². The smallest absolute Gasteiger partial charge is 0.264 e. The molecule has 4 rings (SSSR count). The molecule has 10 heteroatoms. The Morgan fingerprint density at radius 3 is 1.98 bits per heavy atom. The summed E-state index contributed by atoms with van der Waals surface area (Å²) in [5.41, 5.74) is 1.97. The maximum Gasteiger partial charge on any atom is 0.264 e. The molecule has 0 spiro atoms. The maximum atomic E-state index is 14.3. The van der Waals surface area contributed by atoms with Gasteiger partial charge in [0.15, 0.2) is 0 Å². The fourth-order valence-electron chi connectivity index (χ4n) is 4.64. The predicted molar refractivity (Wildman–Crippen MR) is 171 cm³/mol. The molecule has 1 atom stereocenters. The lowest BCUT2D eigenvalue weighted by Gasteiger charge is -2.33. The molecule has 0 aliphatic carbocycles. The van der Waals surface area contributed by atoms with Crippen LogP contribution >= 0.6 is 15.9 Å². The van der Waals surface area contributed by atoms with Crippen LogP contribution in [0.15, 0.2) is 119 Å². The number of halogens is 1. The fourth-order valence-corrected chi connectivity index (χ4v) is 6.32. The van der Waals surface area contributed by atoms with E-state index in [2.05, 4.69) is 21.2 Å². The molecule has 43 heavy (non-hydrogen) atoms. The summed E-state index contributed by atoms with van der Waals surface area (Å²) in [6.07, 6.45) is 0.252. The Morgan fingerprint density at radius 1 is 0.837 bits per heavy atom. The van der Waals surface area contributed by atoms with E-state index in [1.807, 2.05) is 67.6 Å². The van der Waals surface area contributed by atoms with E-state index in [4.69, 9.17) is 4.74 Å². The van der Waals surface area contributed by atoms with Crippen molar-refractivity contribution in [2.24, 2.45) is 0 Å².